The van der Waals surface area contributed by atoms with Crippen LogP contribution in [0.1, 0.15) is 18.0 Å². The van der Waals surface area contributed by atoms with Gasteiger partial charge >= 0.3 is 0 Å². The molecule has 0 unspecified atom stereocenters. The lowest BCUT2D eigenvalue weighted by atomic mass is 10.2. The highest BCUT2D eigenvalue weighted by molar-refractivity contribution is 6.31. The summed E-state index contributed by atoms with van der Waals surface area (Å²) in [6, 6.07) is 5.06. The number of aromatic nitrogens is 1. The van der Waals surface area contributed by atoms with E-state index in [1.165, 1.54) is 7.11 Å². The number of carbonyl (C=O) groups excluding carboxylic acids is 1. The maximum Gasteiger partial charge on any atom is 0.224 e. The van der Waals surface area contributed by atoms with Gasteiger partial charge in [0.25, 0.3) is 0 Å². The van der Waals surface area contributed by atoms with Crippen LogP contribution >= 0.6 is 11.6 Å². The third-order valence-corrected chi connectivity index (χ3v) is 2.95. The van der Waals surface area contributed by atoms with Gasteiger partial charge in [0.2, 0.25) is 5.91 Å². The van der Waals surface area contributed by atoms with E-state index in [0.29, 0.717) is 35.2 Å². The van der Waals surface area contributed by atoms with E-state index in [0.717, 1.165) is 5.69 Å². The molecule has 0 radical (unpaired) electrons. The molecule has 0 spiro atoms. The molecule has 0 fully saturated rings. The van der Waals surface area contributed by atoms with Gasteiger partial charge in [-0.05, 0) is 18.2 Å². The number of halogens is 1. The molecule has 0 saturated heterocycles. The van der Waals surface area contributed by atoms with Crippen LogP contribution in [0.15, 0.2) is 28.9 Å². The van der Waals surface area contributed by atoms with Crippen molar-refractivity contribution in [1.29, 1.82) is 0 Å². The largest absolute Gasteiger partial charge is 0.495 e. The van der Waals surface area contributed by atoms with Gasteiger partial charge in [-0.3, -0.25) is 4.79 Å². The Morgan fingerprint density at radius 2 is 2.30 bits per heavy atom. The number of anilines is 1. The fourth-order valence-corrected chi connectivity index (χ4v) is 1.93. The number of nitrogens with zero attached hydrogens (tertiary/aromatic N) is 1. The Balaban J connectivity index is 1.96. The number of aryl methyl sites for hydroxylation is 2. The van der Waals surface area contributed by atoms with E-state index < -0.39 is 0 Å². The lowest BCUT2D eigenvalue weighted by Crippen LogP contribution is -2.13. The Kier molecular flexibility index (Phi) is 4.63. The third kappa shape index (κ3) is 3.74. The van der Waals surface area contributed by atoms with Gasteiger partial charge in [-0.1, -0.05) is 11.6 Å². The van der Waals surface area contributed by atoms with Crippen LogP contribution in [0.25, 0.3) is 0 Å². The molecule has 0 aliphatic heterocycles. The van der Waals surface area contributed by atoms with Crippen LogP contribution in [0.5, 0.6) is 5.75 Å². The summed E-state index contributed by atoms with van der Waals surface area (Å²) in [7, 11) is 1.54. The monoisotopic (exact) mass is 294 g/mol. The zero-order valence-electron chi connectivity index (χ0n) is 11.3. The van der Waals surface area contributed by atoms with E-state index in [-0.39, 0.29) is 5.91 Å². The summed E-state index contributed by atoms with van der Waals surface area (Å²) in [6.07, 6.45) is 2.39. The molecule has 1 heterocycles. The van der Waals surface area contributed by atoms with Crippen LogP contribution < -0.4 is 10.1 Å². The molecule has 0 bridgehead atoms. The van der Waals surface area contributed by atoms with Gasteiger partial charge in [0.05, 0.1) is 18.5 Å². The smallest absolute Gasteiger partial charge is 0.224 e. The van der Waals surface area contributed by atoms with Crippen LogP contribution in [0.4, 0.5) is 5.69 Å². The highest BCUT2D eigenvalue weighted by Crippen LogP contribution is 2.27. The second-order valence-corrected chi connectivity index (χ2v) is 4.69. The molecule has 1 amide bonds. The second-order valence-electron chi connectivity index (χ2n) is 4.25. The first-order valence-electron chi connectivity index (χ1n) is 6.13. The van der Waals surface area contributed by atoms with E-state index in [1.54, 1.807) is 31.4 Å². The predicted molar refractivity (Wildman–Crippen MR) is 76.2 cm³/mol. The van der Waals surface area contributed by atoms with Gasteiger partial charge in [0.15, 0.2) is 5.89 Å². The number of benzene rings is 1. The summed E-state index contributed by atoms with van der Waals surface area (Å²) >= 11 is 5.90. The van der Waals surface area contributed by atoms with Crippen LogP contribution in [0.3, 0.4) is 0 Å². The maximum atomic E-state index is 11.9. The van der Waals surface area contributed by atoms with Crippen LogP contribution in [0.2, 0.25) is 5.02 Å². The SMILES string of the molecule is COc1ccc(Cl)cc1NC(=O)CCc1coc(C)n1. The molecule has 1 aromatic carbocycles. The van der Waals surface area contributed by atoms with Crippen LogP contribution in [0, 0.1) is 6.92 Å². The van der Waals surface area contributed by atoms with Gasteiger partial charge < -0.3 is 14.5 Å². The van der Waals surface area contributed by atoms with E-state index in [2.05, 4.69) is 10.3 Å². The number of oxazole rings is 1. The molecule has 0 aliphatic carbocycles. The first kappa shape index (κ1) is 14.4. The minimum Gasteiger partial charge on any atom is -0.495 e. The molecule has 6 heteroatoms. The van der Waals surface area contributed by atoms with Crippen molar-refractivity contribution >= 4 is 23.2 Å². The zero-order chi connectivity index (χ0) is 14.5. The van der Waals surface area contributed by atoms with Crippen molar-refractivity contribution < 1.29 is 13.9 Å². The van der Waals surface area contributed by atoms with Gasteiger partial charge in [-0.15, -0.1) is 0 Å². The minimum atomic E-state index is -0.133. The van der Waals surface area contributed by atoms with E-state index in [1.807, 2.05) is 0 Å². The number of nitrogens with one attached hydrogen (secondary N) is 1. The van der Waals surface area contributed by atoms with Gasteiger partial charge in [0.1, 0.15) is 12.0 Å². The fourth-order valence-electron chi connectivity index (χ4n) is 1.76. The Bertz CT molecular complexity index is 610. The van der Waals surface area contributed by atoms with Crippen molar-refractivity contribution in [3.8, 4) is 5.75 Å². The quantitative estimate of drug-likeness (QED) is 0.919. The molecule has 5 nitrogen and oxygen atoms in total. The predicted octanol–water partition coefficient (Wildman–Crippen LogP) is 3.22. The van der Waals surface area contributed by atoms with Gasteiger partial charge in [-0.2, -0.15) is 0 Å². The molecule has 0 saturated carbocycles. The highest BCUT2D eigenvalue weighted by atomic mass is 35.5. The molecule has 2 rings (SSSR count). The van der Waals surface area contributed by atoms with Crippen molar-refractivity contribution in [2.24, 2.45) is 0 Å². The summed E-state index contributed by atoms with van der Waals surface area (Å²) in [5, 5.41) is 3.31. The minimum absolute atomic E-state index is 0.133. The molecule has 106 valence electrons. The first-order chi connectivity index (χ1) is 9.58. The standard InChI is InChI=1S/C14H15ClN2O3/c1-9-16-11(8-20-9)4-6-14(18)17-12-7-10(15)3-5-13(12)19-2/h3,5,7-8H,4,6H2,1-2H3,(H,17,18). The normalized spacial score (nSPS) is 10.3. The number of amides is 1. The van der Waals surface area contributed by atoms with Crippen molar-refractivity contribution in [2.45, 2.75) is 19.8 Å². The van der Waals surface area contributed by atoms with Crippen LogP contribution in [-0.4, -0.2) is 18.0 Å². The fraction of sp³-hybridized carbons (Fsp3) is 0.286. The highest BCUT2D eigenvalue weighted by Gasteiger charge is 2.09. The number of rotatable bonds is 5. The lowest BCUT2D eigenvalue weighted by molar-refractivity contribution is -0.116. The van der Waals surface area contributed by atoms with E-state index >= 15 is 0 Å². The van der Waals surface area contributed by atoms with E-state index in [4.69, 9.17) is 20.8 Å². The van der Waals surface area contributed by atoms with Crippen molar-refractivity contribution in [3.05, 3.63) is 41.1 Å². The average Bonchev–Trinajstić information content (AvgIpc) is 2.83. The van der Waals surface area contributed by atoms with Crippen molar-refractivity contribution in [2.75, 3.05) is 12.4 Å². The number of hydrogen-bond donors (Lipinski definition) is 1. The summed E-state index contributed by atoms with van der Waals surface area (Å²) in [5.74, 6) is 1.03. The molecule has 1 N–H and O–H groups in total. The van der Waals surface area contributed by atoms with Crippen molar-refractivity contribution in [3.63, 3.8) is 0 Å². The summed E-state index contributed by atoms with van der Waals surface area (Å²) < 4.78 is 10.3. The Morgan fingerprint density at radius 1 is 1.50 bits per heavy atom. The Labute approximate surface area is 121 Å². The van der Waals surface area contributed by atoms with Gasteiger partial charge in [0, 0.05) is 24.8 Å². The number of methoxy groups -OCH3 is 1. The molecule has 0 atom stereocenters. The summed E-state index contributed by atoms with van der Waals surface area (Å²) in [4.78, 5) is 16.0. The Hall–Kier alpha value is -2.01. The van der Waals surface area contributed by atoms with Crippen LogP contribution in [-0.2, 0) is 11.2 Å². The van der Waals surface area contributed by atoms with Gasteiger partial charge in [-0.25, -0.2) is 4.98 Å². The second kappa shape index (κ2) is 6.43. The topological polar surface area (TPSA) is 64.4 Å². The zero-order valence-corrected chi connectivity index (χ0v) is 12.0. The number of carbonyl (C=O) groups is 1. The number of hydrogen-bond acceptors (Lipinski definition) is 4. The first-order valence-corrected chi connectivity index (χ1v) is 6.50. The number of ether oxygens (including phenoxy) is 1. The average molecular weight is 295 g/mol. The molecular weight excluding hydrogens is 280 g/mol. The molecule has 2 aromatic rings. The maximum absolute atomic E-state index is 11.9. The molecule has 20 heavy (non-hydrogen) atoms. The molecule has 0 aliphatic rings. The lowest BCUT2D eigenvalue weighted by Gasteiger charge is -2.10. The Morgan fingerprint density at radius 3 is 2.95 bits per heavy atom. The van der Waals surface area contributed by atoms with E-state index in [9.17, 15) is 4.79 Å². The summed E-state index contributed by atoms with van der Waals surface area (Å²) in [5.41, 5.74) is 1.32. The van der Waals surface area contributed by atoms with Crippen molar-refractivity contribution in [1.82, 2.24) is 4.98 Å². The molecule has 1 aromatic heterocycles. The molecular formula is C14H15ClN2O3. The third-order valence-electron chi connectivity index (χ3n) is 2.71. The summed E-state index contributed by atoms with van der Waals surface area (Å²) in [6.45, 7) is 1.76.